The predicted molar refractivity (Wildman–Crippen MR) is 81.0 cm³/mol. The third-order valence-electron chi connectivity index (χ3n) is 4.11. The number of amides is 2. The first-order chi connectivity index (χ1) is 10.1. The number of aryl methyl sites for hydroxylation is 1. The molecule has 1 saturated carbocycles. The zero-order chi connectivity index (χ0) is 15.2. The van der Waals surface area contributed by atoms with Crippen LogP contribution in [0.1, 0.15) is 44.0 Å². The molecule has 118 valence electrons. The number of aliphatic hydroxyl groups excluding tert-OH is 1. The van der Waals surface area contributed by atoms with Crippen molar-refractivity contribution >= 4 is 6.03 Å². The Morgan fingerprint density at radius 1 is 1.52 bits per heavy atom. The van der Waals surface area contributed by atoms with E-state index in [-0.39, 0.29) is 30.6 Å². The van der Waals surface area contributed by atoms with E-state index in [1.165, 1.54) is 0 Å². The third kappa shape index (κ3) is 4.74. The molecule has 1 fully saturated rings. The molecule has 4 N–H and O–H groups in total. The van der Waals surface area contributed by atoms with Crippen LogP contribution in [0.25, 0.3) is 0 Å². The quantitative estimate of drug-likeness (QED) is 0.663. The Hall–Kier alpha value is -1.56. The van der Waals surface area contributed by atoms with E-state index in [4.69, 9.17) is 0 Å². The lowest BCUT2D eigenvalue weighted by atomic mass is 9.85. The maximum atomic E-state index is 12.0. The minimum atomic E-state index is -0.153. The molecule has 0 aliphatic heterocycles. The zero-order valence-corrected chi connectivity index (χ0v) is 12.9. The number of H-pyrrole nitrogens is 1. The Bertz CT molecular complexity index is 460. The van der Waals surface area contributed by atoms with Gasteiger partial charge in [0.1, 0.15) is 0 Å². The summed E-state index contributed by atoms with van der Waals surface area (Å²) in [6.07, 6.45) is 4.89. The number of rotatable bonds is 5. The van der Waals surface area contributed by atoms with E-state index in [0.717, 1.165) is 37.1 Å². The van der Waals surface area contributed by atoms with Crippen molar-refractivity contribution in [3.8, 4) is 0 Å². The molecule has 1 aliphatic carbocycles. The van der Waals surface area contributed by atoms with Gasteiger partial charge in [0, 0.05) is 36.7 Å². The monoisotopic (exact) mass is 294 g/mol. The van der Waals surface area contributed by atoms with Crippen LogP contribution in [0, 0.1) is 12.8 Å². The molecule has 2 rings (SSSR count). The van der Waals surface area contributed by atoms with Gasteiger partial charge in [-0.3, -0.25) is 5.10 Å². The number of aromatic nitrogens is 2. The lowest BCUT2D eigenvalue weighted by Gasteiger charge is -2.31. The molecule has 1 aromatic heterocycles. The minimum absolute atomic E-state index is 0.0175. The molecular formula is C15H26N4O2. The van der Waals surface area contributed by atoms with Crippen molar-refractivity contribution in [3.63, 3.8) is 0 Å². The average Bonchev–Trinajstić information content (AvgIpc) is 2.84. The lowest BCUT2D eigenvalue weighted by molar-refractivity contribution is 0.153. The standard InChI is InChI=1S/C15H26N4O2/c1-10(7-13-8-11(2)18-19-13)16-15(21)17-14-6-4-3-5-12(14)9-20/h8,10,12,14,20H,3-7,9H2,1-2H3,(H,18,19)(H2,16,17,21). The van der Waals surface area contributed by atoms with Gasteiger partial charge in [-0.25, -0.2) is 4.79 Å². The van der Waals surface area contributed by atoms with Gasteiger partial charge in [0.05, 0.1) is 5.69 Å². The van der Waals surface area contributed by atoms with Crippen LogP contribution in [-0.2, 0) is 6.42 Å². The van der Waals surface area contributed by atoms with Crippen molar-refractivity contribution in [2.45, 2.75) is 58.0 Å². The summed E-state index contributed by atoms with van der Waals surface area (Å²) in [6.45, 7) is 4.07. The van der Waals surface area contributed by atoms with Crippen LogP contribution in [-0.4, -0.2) is 40.0 Å². The maximum absolute atomic E-state index is 12.0. The summed E-state index contributed by atoms with van der Waals surface area (Å²) in [5.74, 6) is 0.189. The molecule has 0 saturated heterocycles. The minimum Gasteiger partial charge on any atom is -0.396 e. The number of aromatic amines is 1. The topological polar surface area (TPSA) is 90.0 Å². The van der Waals surface area contributed by atoms with E-state index in [1.54, 1.807) is 0 Å². The highest BCUT2D eigenvalue weighted by Crippen LogP contribution is 2.23. The summed E-state index contributed by atoms with van der Waals surface area (Å²) in [5.41, 5.74) is 1.97. The second-order valence-electron chi connectivity index (χ2n) is 6.10. The molecule has 1 heterocycles. The van der Waals surface area contributed by atoms with E-state index in [9.17, 15) is 9.90 Å². The van der Waals surface area contributed by atoms with Crippen LogP contribution >= 0.6 is 0 Å². The average molecular weight is 294 g/mol. The molecule has 1 aliphatic rings. The Balaban J connectivity index is 1.77. The van der Waals surface area contributed by atoms with Gasteiger partial charge in [-0.2, -0.15) is 5.10 Å². The van der Waals surface area contributed by atoms with Crippen LogP contribution in [0.3, 0.4) is 0 Å². The van der Waals surface area contributed by atoms with Gasteiger partial charge in [-0.15, -0.1) is 0 Å². The van der Waals surface area contributed by atoms with Gasteiger partial charge in [-0.1, -0.05) is 12.8 Å². The van der Waals surface area contributed by atoms with Crippen molar-refractivity contribution in [2.24, 2.45) is 5.92 Å². The second-order valence-corrected chi connectivity index (χ2v) is 6.10. The van der Waals surface area contributed by atoms with Crippen molar-refractivity contribution < 1.29 is 9.90 Å². The first kappa shape index (κ1) is 15.8. The molecule has 2 amide bonds. The molecule has 0 aromatic carbocycles. The van der Waals surface area contributed by atoms with Crippen LogP contribution in [0.2, 0.25) is 0 Å². The van der Waals surface area contributed by atoms with Gasteiger partial charge < -0.3 is 15.7 Å². The van der Waals surface area contributed by atoms with Crippen molar-refractivity contribution in [3.05, 3.63) is 17.5 Å². The number of carbonyl (C=O) groups is 1. The molecule has 6 heteroatoms. The number of nitrogens with one attached hydrogen (secondary N) is 3. The van der Waals surface area contributed by atoms with Gasteiger partial charge in [0.15, 0.2) is 0 Å². The number of hydrogen-bond acceptors (Lipinski definition) is 3. The molecule has 3 unspecified atom stereocenters. The highest BCUT2D eigenvalue weighted by molar-refractivity contribution is 5.74. The summed E-state index contributed by atoms with van der Waals surface area (Å²) >= 11 is 0. The predicted octanol–water partition coefficient (Wildman–Crippen LogP) is 1.50. The molecule has 3 atom stereocenters. The highest BCUT2D eigenvalue weighted by Gasteiger charge is 2.26. The fourth-order valence-corrected chi connectivity index (χ4v) is 2.99. The zero-order valence-electron chi connectivity index (χ0n) is 12.9. The van der Waals surface area contributed by atoms with E-state index < -0.39 is 0 Å². The SMILES string of the molecule is Cc1cc(CC(C)NC(=O)NC2CCCCC2CO)n[nH]1. The Kier molecular flexibility index (Phi) is 5.61. The van der Waals surface area contributed by atoms with E-state index >= 15 is 0 Å². The first-order valence-electron chi connectivity index (χ1n) is 7.77. The fourth-order valence-electron chi connectivity index (χ4n) is 2.99. The number of nitrogens with zero attached hydrogens (tertiary/aromatic N) is 1. The van der Waals surface area contributed by atoms with Crippen molar-refractivity contribution in [1.82, 2.24) is 20.8 Å². The largest absolute Gasteiger partial charge is 0.396 e. The van der Waals surface area contributed by atoms with Crippen molar-refractivity contribution in [1.29, 1.82) is 0 Å². The number of urea groups is 1. The van der Waals surface area contributed by atoms with Gasteiger partial charge in [0.25, 0.3) is 0 Å². The molecule has 0 radical (unpaired) electrons. The fraction of sp³-hybridized carbons (Fsp3) is 0.733. The molecule has 0 spiro atoms. The Morgan fingerprint density at radius 3 is 2.95 bits per heavy atom. The summed E-state index contributed by atoms with van der Waals surface area (Å²) in [5, 5.41) is 22.4. The van der Waals surface area contributed by atoms with E-state index in [1.807, 2.05) is 19.9 Å². The number of aliphatic hydroxyl groups is 1. The Labute approximate surface area is 125 Å². The number of carbonyl (C=O) groups excluding carboxylic acids is 1. The van der Waals surface area contributed by atoms with E-state index in [0.29, 0.717) is 6.42 Å². The molecule has 0 bridgehead atoms. The second kappa shape index (κ2) is 7.45. The summed E-state index contributed by atoms with van der Waals surface area (Å²) in [7, 11) is 0. The van der Waals surface area contributed by atoms with Gasteiger partial charge >= 0.3 is 6.03 Å². The molecular weight excluding hydrogens is 268 g/mol. The summed E-state index contributed by atoms with van der Waals surface area (Å²) < 4.78 is 0. The lowest BCUT2D eigenvalue weighted by Crippen LogP contribution is -2.50. The van der Waals surface area contributed by atoms with Crippen molar-refractivity contribution in [2.75, 3.05) is 6.61 Å². The smallest absolute Gasteiger partial charge is 0.315 e. The molecule has 21 heavy (non-hydrogen) atoms. The van der Waals surface area contributed by atoms with Crippen LogP contribution in [0.15, 0.2) is 6.07 Å². The normalized spacial score (nSPS) is 23.6. The maximum Gasteiger partial charge on any atom is 0.315 e. The van der Waals surface area contributed by atoms with Gasteiger partial charge in [-0.05, 0) is 32.8 Å². The third-order valence-corrected chi connectivity index (χ3v) is 4.11. The summed E-state index contributed by atoms with van der Waals surface area (Å²) in [6, 6.07) is 1.94. The Morgan fingerprint density at radius 2 is 2.29 bits per heavy atom. The number of hydrogen-bond donors (Lipinski definition) is 4. The molecule has 1 aromatic rings. The van der Waals surface area contributed by atoms with Gasteiger partial charge in [0.2, 0.25) is 0 Å². The van der Waals surface area contributed by atoms with Crippen LogP contribution < -0.4 is 10.6 Å². The molecule has 6 nitrogen and oxygen atoms in total. The first-order valence-corrected chi connectivity index (χ1v) is 7.77. The van der Waals surface area contributed by atoms with E-state index in [2.05, 4.69) is 20.8 Å². The highest BCUT2D eigenvalue weighted by atomic mass is 16.3. The van der Waals surface area contributed by atoms with Crippen LogP contribution in [0.5, 0.6) is 0 Å². The summed E-state index contributed by atoms with van der Waals surface area (Å²) in [4.78, 5) is 12.0. The van der Waals surface area contributed by atoms with Crippen LogP contribution in [0.4, 0.5) is 4.79 Å².